The summed E-state index contributed by atoms with van der Waals surface area (Å²) >= 11 is 0. The van der Waals surface area contributed by atoms with Gasteiger partial charge in [0.15, 0.2) is 0 Å². The third kappa shape index (κ3) is 4.70. The molecule has 0 radical (unpaired) electrons. The van der Waals surface area contributed by atoms with E-state index in [1.165, 1.54) is 16.8 Å². The summed E-state index contributed by atoms with van der Waals surface area (Å²) < 4.78 is 64.1. The summed E-state index contributed by atoms with van der Waals surface area (Å²) in [5.74, 6) is -1.41. The molecular formula is C22H24F3N7O3. The first-order valence-corrected chi connectivity index (χ1v) is 10.8. The number of carbonyl (C=O) groups is 2. The van der Waals surface area contributed by atoms with Crippen LogP contribution in [0.5, 0.6) is 0 Å². The van der Waals surface area contributed by atoms with Crippen LogP contribution in [0.1, 0.15) is 47.2 Å². The molecule has 0 aliphatic heterocycles. The smallest absolute Gasteiger partial charge is 0.355 e. The first-order valence-electron chi connectivity index (χ1n) is 12.3. The van der Waals surface area contributed by atoms with E-state index in [0.29, 0.717) is 11.1 Å². The van der Waals surface area contributed by atoms with Gasteiger partial charge < -0.3 is 20.5 Å². The molecule has 1 saturated carbocycles. The summed E-state index contributed by atoms with van der Waals surface area (Å²) in [4.78, 5) is 46.2. The molecule has 1 aliphatic carbocycles. The number of hydrogen-bond donors (Lipinski definition) is 3. The third-order valence-corrected chi connectivity index (χ3v) is 5.77. The summed E-state index contributed by atoms with van der Waals surface area (Å²) in [6, 6.07) is -0.882. The monoisotopic (exact) mass is 494 g/mol. The highest BCUT2D eigenvalue weighted by atomic mass is 19.4. The van der Waals surface area contributed by atoms with Crippen molar-refractivity contribution in [2.75, 3.05) is 17.6 Å². The maximum atomic E-state index is 13.4. The summed E-state index contributed by atoms with van der Waals surface area (Å²) in [5, 5.41) is 7.13. The minimum atomic E-state index is -4.71. The van der Waals surface area contributed by atoms with Crippen LogP contribution in [-0.4, -0.2) is 44.1 Å². The minimum Gasteiger partial charge on any atom is -0.355 e. The topological polar surface area (TPSA) is 123 Å². The van der Waals surface area contributed by atoms with Crippen molar-refractivity contribution in [3.05, 3.63) is 40.7 Å². The maximum absolute atomic E-state index is 13.4. The molecule has 3 aromatic heterocycles. The number of hydrogen-bond acceptors (Lipinski definition) is 6. The van der Waals surface area contributed by atoms with Crippen molar-refractivity contribution in [3.8, 4) is 0 Å². The van der Waals surface area contributed by atoms with E-state index in [1.807, 2.05) is 5.32 Å². The molecule has 1 aliphatic rings. The Morgan fingerprint density at radius 3 is 2.66 bits per heavy atom. The molecule has 1 unspecified atom stereocenters. The van der Waals surface area contributed by atoms with E-state index in [0.717, 1.165) is 32.3 Å². The van der Waals surface area contributed by atoms with Gasteiger partial charge in [-0.25, -0.2) is 9.97 Å². The number of nitrogens with zero attached hydrogens (tertiary/aromatic N) is 4. The van der Waals surface area contributed by atoms with Gasteiger partial charge in [0.2, 0.25) is 5.91 Å². The lowest BCUT2D eigenvalue weighted by molar-refractivity contribution is -0.163. The molecule has 186 valence electrons. The van der Waals surface area contributed by atoms with Gasteiger partial charge >= 0.3 is 6.18 Å². The molecule has 4 rings (SSSR count). The van der Waals surface area contributed by atoms with Crippen LogP contribution >= 0.6 is 0 Å². The minimum absolute atomic E-state index is 0.0247. The summed E-state index contributed by atoms with van der Waals surface area (Å²) in [5.41, 5.74) is -1.12. The fourth-order valence-electron chi connectivity index (χ4n) is 3.56. The van der Waals surface area contributed by atoms with Crippen LogP contribution in [0, 0.1) is 5.92 Å². The number of rotatable bonds is 7. The van der Waals surface area contributed by atoms with E-state index in [2.05, 4.69) is 20.6 Å². The number of pyridine rings is 1. The normalized spacial score (nSPS) is 16.2. The Labute approximate surface area is 201 Å². The first-order chi connectivity index (χ1) is 17.7. The van der Waals surface area contributed by atoms with Gasteiger partial charge in [-0.15, -0.1) is 0 Å². The van der Waals surface area contributed by atoms with E-state index in [1.54, 1.807) is 6.92 Å². The molecule has 13 heteroatoms. The van der Waals surface area contributed by atoms with Crippen molar-refractivity contribution in [1.29, 1.82) is 0 Å². The van der Waals surface area contributed by atoms with Crippen molar-refractivity contribution in [3.63, 3.8) is 0 Å². The molecule has 0 spiro atoms. The number of alkyl halides is 3. The maximum Gasteiger partial charge on any atom is 0.409 e. The summed E-state index contributed by atoms with van der Waals surface area (Å²) in [7, 11) is 0. The van der Waals surface area contributed by atoms with Crippen molar-refractivity contribution >= 4 is 40.0 Å². The van der Waals surface area contributed by atoms with Crippen LogP contribution in [0.2, 0.25) is 0 Å². The molecule has 1 atom stereocenters. The van der Waals surface area contributed by atoms with Gasteiger partial charge in [0, 0.05) is 42.0 Å². The Balaban J connectivity index is 1.83. The molecule has 3 aromatic rings. The molecular weight excluding hydrogens is 467 g/mol. The fraction of sp³-hybridized carbons (Fsp3) is 0.409. The van der Waals surface area contributed by atoms with Crippen LogP contribution in [0.4, 0.5) is 30.4 Å². The van der Waals surface area contributed by atoms with Crippen LogP contribution in [-0.2, 0) is 11.3 Å². The number of halogens is 3. The van der Waals surface area contributed by atoms with Gasteiger partial charge in [-0.3, -0.25) is 19.0 Å². The van der Waals surface area contributed by atoms with Gasteiger partial charge in [-0.2, -0.15) is 13.2 Å². The highest BCUT2D eigenvalue weighted by Gasteiger charge is 2.38. The Bertz CT molecular complexity index is 1460. The number of aryl methyl sites for hydroxylation is 1. The Morgan fingerprint density at radius 1 is 1.29 bits per heavy atom. The molecule has 35 heavy (non-hydrogen) atoms. The molecule has 0 aromatic carbocycles. The van der Waals surface area contributed by atoms with E-state index >= 15 is 0 Å². The SMILES string of the molecule is [2H]C([2H])([2H])NC(=O)c1cnc(NC(=O)C2CC2)cc1Nc1cn(CC)c2ncn(C(C)C(F)(F)F)c(=O)c12. The van der Waals surface area contributed by atoms with Crippen LogP contribution in [0.3, 0.4) is 0 Å². The molecule has 0 bridgehead atoms. The molecule has 3 N–H and O–H groups in total. The number of fused-ring (bicyclic) bond motifs is 1. The second kappa shape index (κ2) is 9.04. The molecule has 2 amide bonds. The van der Waals surface area contributed by atoms with Gasteiger partial charge in [-0.05, 0) is 26.7 Å². The number of aromatic nitrogens is 4. The van der Waals surface area contributed by atoms with E-state index < -0.39 is 30.7 Å². The predicted molar refractivity (Wildman–Crippen MR) is 123 cm³/mol. The van der Waals surface area contributed by atoms with Gasteiger partial charge in [0.1, 0.15) is 29.2 Å². The first kappa shape index (κ1) is 20.5. The molecule has 3 heterocycles. The molecule has 1 fully saturated rings. The summed E-state index contributed by atoms with van der Waals surface area (Å²) in [6.45, 7) is 0.0570. The van der Waals surface area contributed by atoms with Crippen molar-refractivity contribution in [2.45, 2.75) is 45.5 Å². The molecule has 0 saturated heterocycles. The van der Waals surface area contributed by atoms with Crippen LogP contribution < -0.4 is 21.5 Å². The number of amides is 2. The standard InChI is InChI=1S/C22H24F3N7O3/c1-4-31-9-15(17-18(31)28-10-32(21(17)35)11(2)22(23,24)25)29-14-7-16(30-19(33)12-5-6-12)27-8-13(14)20(34)26-3/h7-12H,4-6H2,1-3H3,(H,26,34)(H2,27,29,30,33)/i3D3. The Kier molecular flexibility index (Phi) is 5.29. The fourth-order valence-corrected chi connectivity index (χ4v) is 3.56. The van der Waals surface area contributed by atoms with Crippen LogP contribution in [0.25, 0.3) is 11.0 Å². The highest BCUT2D eigenvalue weighted by Crippen LogP contribution is 2.33. The second-order valence-corrected chi connectivity index (χ2v) is 8.16. The van der Waals surface area contributed by atoms with E-state index in [9.17, 15) is 27.6 Å². The zero-order chi connectivity index (χ0) is 28.0. The second-order valence-electron chi connectivity index (χ2n) is 8.16. The van der Waals surface area contributed by atoms with Crippen molar-refractivity contribution < 1.29 is 26.9 Å². The predicted octanol–water partition coefficient (Wildman–Crippen LogP) is 3.19. The summed E-state index contributed by atoms with van der Waals surface area (Å²) in [6.07, 6.45) is 0.0554. The van der Waals surface area contributed by atoms with Crippen molar-refractivity contribution in [2.24, 2.45) is 5.92 Å². The zero-order valence-corrected chi connectivity index (χ0v) is 18.7. The third-order valence-electron chi connectivity index (χ3n) is 5.77. The van der Waals surface area contributed by atoms with Gasteiger partial charge in [0.25, 0.3) is 11.5 Å². The Hall–Kier alpha value is -3.90. The van der Waals surface area contributed by atoms with Crippen LogP contribution in [0.15, 0.2) is 29.6 Å². The Morgan fingerprint density at radius 2 is 2.03 bits per heavy atom. The lowest BCUT2D eigenvalue weighted by Gasteiger charge is -2.18. The number of anilines is 3. The largest absolute Gasteiger partial charge is 0.409 e. The average Bonchev–Trinajstić information content (AvgIpc) is 3.60. The average molecular weight is 494 g/mol. The van der Waals surface area contributed by atoms with Gasteiger partial charge in [-0.1, -0.05) is 0 Å². The lowest BCUT2D eigenvalue weighted by Crippen LogP contribution is -2.32. The van der Waals surface area contributed by atoms with Gasteiger partial charge in [0.05, 0.1) is 16.9 Å². The lowest BCUT2D eigenvalue weighted by atomic mass is 10.2. The number of nitrogens with one attached hydrogen (secondary N) is 3. The number of carbonyl (C=O) groups excluding carboxylic acids is 2. The highest BCUT2D eigenvalue weighted by molar-refractivity contribution is 6.03. The quantitative estimate of drug-likeness (QED) is 0.464. The van der Waals surface area contributed by atoms with Crippen molar-refractivity contribution in [1.82, 2.24) is 24.4 Å². The zero-order valence-electron chi connectivity index (χ0n) is 21.7. The van der Waals surface area contributed by atoms with E-state index in [4.69, 9.17) is 4.11 Å². The van der Waals surface area contributed by atoms with E-state index in [-0.39, 0.29) is 45.6 Å². The molecule has 10 nitrogen and oxygen atoms in total.